The molecule has 1 aliphatic carbocycles. The highest BCUT2D eigenvalue weighted by atomic mass is 79.9. The Bertz CT molecular complexity index is 809. The van der Waals surface area contributed by atoms with E-state index in [1.165, 1.54) is 5.56 Å². The van der Waals surface area contributed by atoms with Crippen LogP contribution < -0.4 is 5.32 Å². The molecule has 1 atom stereocenters. The van der Waals surface area contributed by atoms with Crippen LogP contribution in [0.4, 0.5) is 0 Å². The number of ether oxygens (including phenoxy) is 1. The van der Waals surface area contributed by atoms with Crippen molar-refractivity contribution < 1.29 is 14.3 Å². The molecule has 0 heterocycles. The zero-order chi connectivity index (χ0) is 17.8. The summed E-state index contributed by atoms with van der Waals surface area (Å²) in [7, 11) is 0. The van der Waals surface area contributed by atoms with Gasteiger partial charge >= 0.3 is 5.97 Å². The molecule has 0 spiro atoms. The van der Waals surface area contributed by atoms with Crippen molar-refractivity contribution in [1.29, 1.82) is 0 Å². The third-order valence-corrected chi connectivity index (χ3v) is 5.01. The van der Waals surface area contributed by atoms with Gasteiger partial charge in [0.1, 0.15) is 0 Å². The van der Waals surface area contributed by atoms with E-state index in [-0.39, 0.29) is 29.1 Å². The first kappa shape index (κ1) is 18.0. The van der Waals surface area contributed by atoms with Crippen LogP contribution in [-0.4, -0.2) is 18.5 Å². The summed E-state index contributed by atoms with van der Waals surface area (Å²) in [6.07, 6.45) is 2.93. The monoisotopic (exact) mass is 421 g/mol. The topological polar surface area (TPSA) is 55.4 Å². The van der Waals surface area contributed by atoms with Crippen molar-refractivity contribution in [3.05, 3.63) is 68.7 Å². The molecule has 0 fully saturated rings. The van der Waals surface area contributed by atoms with Crippen LogP contribution in [0.15, 0.2) is 46.9 Å². The van der Waals surface area contributed by atoms with Gasteiger partial charge in [-0.05, 0) is 48.6 Å². The predicted octanol–water partition coefficient (Wildman–Crippen LogP) is 4.45. The van der Waals surface area contributed by atoms with E-state index >= 15 is 0 Å². The molecule has 0 saturated carbocycles. The largest absolute Gasteiger partial charge is 0.452 e. The first-order valence-electron chi connectivity index (χ1n) is 8.04. The number of amides is 1. The van der Waals surface area contributed by atoms with E-state index in [1.54, 1.807) is 18.2 Å². The Kier molecular flexibility index (Phi) is 5.76. The Morgan fingerprint density at radius 1 is 1.24 bits per heavy atom. The summed E-state index contributed by atoms with van der Waals surface area (Å²) >= 11 is 9.28. The standard InChI is InChI=1S/C19H17BrClNO3/c20-13-8-9-16(21)15(10-13)19(24)25-11-18(23)22-17-7-3-5-12-4-1-2-6-14(12)17/h1-2,4,6,8-10,17H,3,5,7,11H2,(H,22,23). The Morgan fingerprint density at radius 3 is 2.88 bits per heavy atom. The fraction of sp³-hybridized carbons (Fsp3) is 0.263. The van der Waals surface area contributed by atoms with E-state index in [0.29, 0.717) is 4.47 Å². The van der Waals surface area contributed by atoms with Crippen molar-refractivity contribution in [2.45, 2.75) is 25.3 Å². The molecule has 4 nitrogen and oxygen atoms in total. The summed E-state index contributed by atoms with van der Waals surface area (Å²) in [5.41, 5.74) is 2.63. The molecule has 1 unspecified atom stereocenters. The Morgan fingerprint density at radius 2 is 2.04 bits per heavy atom. The molecule has 3 rings (SSSR count). The van der Waals surface area contributed by atoms with Crippen LogP contribution in [-0.2, 0) is 16.0 Å². The van der Waals surface area contributed by atoms with Crippen LogP contribution in [0.25, 0.3) is 0 Å². The maximum Gasteiger partial charge on any atom is 0.340 e. The van der Waals surface area contributed by atoms with Gasteiger partial charge in [0, 0.05) is 4.47 Å². The van der Waals surface area contributed by atoms with Gasteiger partial charge < -0.3 is 10.1 Å². The number of aryl methyl sites for hydroxylation is 1. The van der Waals surface area contributed by atoms with Gasteiger partial charge in [-0.25, -0.2) is 4.79 Å². The zero-order valence-electron chi connectivity index (χ0n) is 13.4. The summed E-state index contributed by atoms with van der Waals surface area (Å²) in [4.78, 5) is 24.3. The second-order valence-corrected chi connectivity index (χ2v) is 7.23. The lowest BCUT2D eigenvalue weighted by molar-refractivity contribution is -0.125. The van der Waals surface area contributed by atoms with E-state index in [4.69, 9.17) is 16.3 Å². The number of benzene rings is 2. The summed E-state index contributed by atoms with van der Waals surface area (Å²) in [6.45, 7) is -0.333. The maximum absolute atomic E-state index is 12.2. The molecule has 0 radical (unpaired) electrons. The molecule has 1 aliphatic rings. The minimum Gasteiger partial charge on any atom is -0.452 e. The Balaban J connectivity index is 1.59. The van der Waals surface area contributed by atoms with Crippen LogP contribution in [0.1, 0.15) is 40.4 Å². The summed E-state index contributed by atoms with van der Waals surface area (Å²) in [5, 5.41) is 3.24. The smallest absolute Gasteiger partial charge is 0.340 e. The Labute approximate surface area is 159 Å². The number of nitrogens with one attached hydrogen (secondary N) is 1. The molecule has 2 aromatic rings. The van der Waals surface area contributed by atoms with Crippen molar-refractivity contribution in [1.82, 2.24) is 5.32 Å². The number of carbonyl (C=O) groups excluding carboxylic acids is 2. The lowest BCUT2D eigenvalue weighted by Gasteiger charge is -2.26. The van der Waals surface area contributed by atoms with Crippen molar-refractivity contribution in [2.75, 3.05) is 6.61 Å². The molecule has 0 saturated heterocycles. The third kappa shape index (κ3) is 4.41. The van der Waals surface area contributed by atoms with Crippen LogP contribution >= 0.6 is 27.5 Å². The van der Waals surface area contributed by atoms with Gasteiger partial charge in [-0.1, -0.05) is 51.8 Å². The average molecular weight is 423 g/mol. The highest BCUT2D eigenvalue weighted by molar-refractivity contribution is 9.10. The van der Waals surface area contributed by atoms with Crippen LogP contribution in [0, 0.1) is 0 Å². The number of halogens is 2. The second kappa shape index (κ2) is 8.02. The summed E-state index contributed by atoms with van der Waals surface area (Å²) in [5.74, 6) is -0.938. The van der Waals surface area contributed by atoms with Gasteiger partial charge in [-0.3, -0.25) is 4.79 Å². The molecule has 1 amide bonds. The fourth-order valence-corrected chi connectivity index (χ4v) is 3.56. The molecular formula is C19H17BrClNO3. The summed E-state index contributed by atoms with van der Waals surface area (Å²) < 4.78 is 5.81. The SMILES string of the molecule is O=C(COC(=O)c1cc(Br)ccc1Cl)NC1CCCc2ccccc21. The van der Waals surface area contributed by atoms with Gasteiger partial charge in [0.2, 0.25) is 0 Å². The van der Waals surface area contributed by atoms with Gasteiger partial charge in [0.05, 0.1) is 16.6 Å². The maximum atomic E-state index is 12.2. The highest BCUT2D eigenvalue weighted by Crippen LogP contribution is 2.29. The molecule has 0 aliphatic heterocycles. The minimum atomic E-state index is -0.620. The van der Waals surface area contributed by atoms with Crippen molar-refractivity contribution >= 4 is 39.4 Å². The molecule has 2 aromatic carbocycles. The molecule has 6 heteroatoms. The van der Waals surface area contributed by atoms with E-state index in [0.717, 1.165) is 24.8 Å². The van der Waals surface area contributed by atoms with Gasteiger partial charge in [-0.15, -0.1) is 0 Å². The fourth-order valence-electron chi connectivity index (χ4n) is 3.00. The first-order valence-corrected chi connectivity index (χ1v) is 9.21. The number of esters is 1. The van der Waals surface area contributed by atoms with Gasteiger partial charge in [-0.2, -0.15) is 0 Å². The van der Waals surface area contributed by atoms with Gasteiger partial charge in [0.25, 0.3) is 5.91 Å². The number of fused-ring (bicyclic) bond motifs is 1. The minimum absolute atomic E-state index is 0.0365. The quantitative estimate of drug-likeness (QED) is 0.741. The number of hydrogen-bond acceptors (Lipinski definition) is 3. The molecular weight excluding hydrogens is 406 g/mol. The molecule has 130 valence electrons. The van der Waals surface area contributed by atoms with E-state index < -0.39 is 5.97 Å². The lowest BCUT2D eigenvalue weighted by Crippen LogP contribution is -2.34. The molecule has 0 aromatic heterocycles. The molecule has 1 N–H and O–H groups in total. The normalized spacial score (nSPS) is 16.0. The van der Waals surface area contributed by atoms with Crippen molar-refractivity contribution in [3.8, 4) is 0 Å². The summed E-state index contributed by atoms with van der Waals surface area (Å²) in [6, 6.07) is 13.0. The van der Waals surface area contributed by atoms with E-state index in [9.17, 15) is 9.59 Å². The van der Waals surface area contributed by atoms with Crippen LogP contribution in [0.3, 0.4) is 0 Å². The third-order valence-electron chi connectivity index (χ3n) is 4.19. The number of hydrogen-bond donors (Lipinski definition) is 1. The van der Waals surface area contributed by atoms with Crippen molar-refractivity contribution in [3.63, 3.8) is 0 Å². The van der Waals surface area contributed by atoms with E-state index in [2.05, 4.69) is 27.3 Å². The highest BCUT2D eigenvalue weighted by Gasteiger charge is 2.22. The van der Waals surface area contributed by atoms with Crippen LogP contribution in [0.2, 0.25) is 5.02 Å². The van der Waals surface area contributed by atoms with E-state index in [1.807, 2.05) is 18.2 Å². The molecule has 0 bridgehead atoms. The average Bonchev–Trinajstić information content (AvgIpc) is 2.62. The Hall–Kier alpha value is -1.85. The first-order chi connectivity index (χ1) is 12.0. The second-order valence-electron chi connectivity index (χ2n) is 5.91. The predicted molar refractivity (Wildman–Crippen MR) is 99.7 cm³/mol. The lowest BCUT2D eigenvalue weighted by atomic mass is 9.88. The van der Waals surface area contributed by atoms with Gasteiger partial charge in [0.15, 0.2) is 6.61 Å². The molecule has 25 heavy (non-hydrogen) atoms. The van der Waals surface area contributed by atoms with Crippen molar-refractivity contribution in [2.24, 2.45) is 0 Å². The zero-order valence-corrected chi connectivity index (χ0v) is 15.8. The van der Waals surface area contributed by atoms with Crippen LogP contribution in [0.5, 0.6) is 0 Å². The number of rotatable bonds is 4. The number of carbonyl (C=O) groups is 2.